The molecule has 0 fully saturated rings. The summed E-state index contributed by atoms with van der Waals surface area (Å²) >= 11 is 0. The first-order chi connectivity index (χ1) is 6.66. The van der Waals surface area contributed by atoms with Crippen LogP contribution in [0, 0.1) is 0 Å². The fourth-order valence-electron chi connectivity index (χ4n) is 0.921. The molecular weight excluding hydrogens is 184 g/mol. The molecule has 1 unspecified atom stereocenters. The molecule has 0 amide bonds. The lowest BCUT2D eigenvalue weighted by Gasteiger charge is -2.08. The van der Waals surface area contributed by atoms with Gasteiger partial charge in [0.25, 0.3) is 0 Å². The zero-order valence-corrected chi connectivity index (χ0v) is 8.90. The molecule has 0 rings (SSSR count). The molecular formula is C10H20O4. The fourth-order valence-corrected chi connectivity index (χ4v) is 0.921. The van der Waals surface area contributed by atoms with Crippen LogP contribution in [-0.4, -0.2) is 49.4 Å². The van der Waals surface area contributed by atoms with E-state index >= 15 is 0 Å². The van der Waals surface area contributed by atoms with Crippen LogP contribution in [-0.2, 0) is 9.47 Å². The summed E-state index contributed by atoms with van der Waals surface area (Å²) in [7, 11) is 0. The Kier molecular flexibility index (Phi) is 8.87. The Morgan fingerprint density at radius 3 is 2.43 bits per heavy atom. The van der Waals surface area contributed by atoms with Crippen molar-refractivity contribution in [2.75, 3.05) is 33.0 Å². The van der Waals surface area contributed by atoms with Crippen molar-refractivity contribution in [1.82, 2.24) is 0 Å². The van der Waals surface area contributed by atoms with Crippen LogP contribution >= 0.6 is 0 Å². The summed E-state index contributed by atoms with van der Waals surface area (Å²) in [6, 6.07) is 0. The minimum atomic E-state index is -0.544. The molecule has 0 saturated carbocycles. The summed E-state index contributed by atoms with van der Waals surface area (Å²) in [6.07, 6.45) is 1.20. The highest BCUT2D eigenvalue weighted by atomic mass is 16.5. The summed E-state index contributed by atoms with van der Waals surface area (Å²) in [4.78, 5) is 0. The van der Waals surface area contributed by atoms with Crippen molar-refractivity contribution < 1.29 is 19.7 Å². The van der Waals surface area contributed by atoms with Crippen molar-refractivity contribution >= 4 is 0 Å². The quantitative estimate of drug-likeness (QED) is 0.442. The summed E-state index contributed by atoms with van der Waals surface area (Å²) < 4.78 is 10.1. The van der Waals surface area contributed by atoms with E-state index in [0.717, 1.165) is 5.57 Å². The first kappa shape index (κ1) is 13.6. The Balaban J connectivity index is 3.23. The van der Waals surface area contributed by atoms with Gasteiger partial charge in [0, 0.05) is 0 Å². The molecule has 4 heteroatoms. The maximum atomic E-state index is 9.34. The Morgan fingerprint density at radius 1 is 1.21 bits per heavy atom. The van der Waals surface area contributed by atoms with E-state index in [-0.39, 0.29) is 13.2 Å². The molecule has 0 aromatic heterocycles. The zero-order chi connectivity index (χ0) is 10.8. The topological polar surface area (TPSA) is 58.9 Å². The minimum absolute atomic E-state index is 0.0282. The predicted octanol–water partition coefficient (Wildman–Crippen LogP) is 0.339. The van der Waals surface area contributed by atoms with Crippen molar-refractivity contribution in [3.05, 3.63) is 11.6 Å². The molecule has 2 N–H and O–H groups in total. The SMILES string of the molecule is CC(C)=CC(O)COCCOCCO. The number of allylic oxidation sites excluding steroid dienone is 1. The van der Waals surface area contributed by atoms with Gasteiger partial charge in [-0.3, -0.25) is 0 Å². The van der Waals surface area contributed by atoms with E-state index in [0.29, 0.717) is 19.8 Å². The maximum Gasteiger partial charge on any atom is 0.0956 e. The van der Waals surface area contributed by atoms with E-state index in [1.165, 1.54) is 0 Å². The lowest BCUT2D eigenvalue weighted by Crippen LogP contribution is -2.15. The van der Waals surface area contributed by atoms with Crippen LogP contribution in [0.25, 0.3) is 0 Å². The van der Waals surface area contributed by atoms with E-state index in [1.807, 2.05) is 13.8 Å². The van der Waals surface area contributed by atoms with Crippen LogP contribution in [0.4, 0.5) is 0 Å². The third-order valence-corrected chi connectivity index (χ3v) is 1.42. The van der Waals surface area contributed by atoms with Crippen LogP contribution in [0.15, 0.2) is 11.6 Å². The van der Waals surface area contributed by atoms with Crippen LogP contribution in [0.5, 0.6) is 0 Å². The third-order valence-electron chi connectivity index (χ3n) is 1.42. The molecule has 1 atom stereocenters. The van der Waals surface area contributed by atoms with Crippen molar-refractivity contribution in [3.8, 4) is 0 Å². The van der Waals surface area contributed by atoms with E-state index in [1.54, 1.807) is 6.08 Å². The maximum absolute atomic E-state index is 9.34. The second kappa shape index (κ2) is 9.15. The lowest BCUT2D eigenvalue weighted by atomic mass is 10.2. The summed E-state index contributed by atoms with van der Waals surface area (Å²) in [6.45, 7) is 5.38. The first-order valence-corrected chi connectivity index (χ1v) is 4.76. The Labute approximate surface area is 85.1 Å². The molecule has 0 aromatic carbocycles. The van der Waals surface area contributed by atoms with Gasteiger partial charge in [-0.1, -0.05) is 11.6 Å². The molecule has 0 aliphatic rings. The molecule has 0 spiro atoms. The fraction of sp³-hybridized carbons (Fsp3) is 0.800. The number of aliphatic hydroxyl groups excluding tert-OH is 2. The standard InChI is InChI=1S/C10H20O4/c1-9(2)7-10(12)8-14-6-5-13-4-3-11/h7,10-12H,3-6,8H2,1-2H3. The zero-order valence-electron chi connectivity index (χ0n) is 8.90. The van der Waals surface area contributed by atoms with Gasteiger partial charge < -0.3 is 19.7 Å². The Morgan fingerprint density at radius 2 is 1.86 bits per heavy atom. The number of ether oxygens (including phenoxy) is 2. The molecule has 0 aromatic rings. The molecule has 4 nitrogen and oxygen atoms in total. The van der Waals surface area contributed by atoms with Crippen LogP contribution in [0.1, 0.15) is 13.8 Å². The average Bonchev–Trinajstić information content (AvgIpc) is 2.10. The van der Waals surface area contributed by atoms with Gasteiger partial charge in [-0.15, -0.1) is 0 Å². The highest BCUT2D eigenvalue weighted by Crippen LogP contribution is 1.94. The number of aliphatic hydroxyl groups is 2. The van der Waals surface area contributed by atoms with Gasteiger partial charge in [0.05, 0.1) is 39.1 Å². The molecule has 0 saturated heterocycles. The van der Waals surface area contributed by atoms with Crippen LogP contribution in [0.3, 0.4) is 0 Å². The second-order valence-corrected chi connectivity index (χ2v) is 3.22. The van der Waals surface area contributed by atoms with Gasteiger partial charge >= 0.3 is 0 Å². The minimum Gasteiger partial charge on any atom is -0.394 e. The normalized spacial score (nSPS) is 12.6. The largest absolute Gasteiger partial charge is 0.394 e. The first-order valence-electron chi connectivity index (χ1n) is 4.76. The van der Waals surface area contributed by atoms with E-state index < -0.39 is 6.10 Å². The van der Waals surface area contributed by atoms with Crippen molar-refractivity contribution in [2.24, 2.45) is 0 Å². The van der Waals surface area contributed by atoms with Crippen LogP contribution < -0.4 is 0 Å². The van der Waals surface area contributed by atoms with Crippen molar-refractivity contribution in [1.29, 1.82) is 0 Å². The molecule has 0 heterocycles. The summed E-state index contributed by atoms with van der Waals surface area (Å²) in [5, 5.41) is 17.7. The van der Waals surface area contributed by atoms with Gasteiger partial charge in [-0.05, 0) is 13.8 Å². The van der Waals surface area contributed by atoms with Crippen LogP contribution in [0.2, 0.25) is 0 Å². The lowest BCUT2D eigenvalue weighted by molar-refractivity contribution is 0.00908. The van der Waals surface area contributed by atoms with Gasteiger partial charge in [0.1, 0.15) is 0 Å². The second-order valence-electron chi connectivity index (χ2n) is 3.22. The van der Waals surface area contributed by atoms with Gasteiger partial charge in [0.15, 0.2) is 0 Å². The van der Waals surface area contributed by atoms with Gasteiger partial charge in [-0.25, -0.2) is 0 Å². The Hall–Kier alpha value is -0.420. The summed E-state index contributed by atoms with van der Waals surface area (Å²) in [5.41, 5.74) is 1.07. The number of hydrogen-bond acceptors (Lipinski definition) is 4. The monoisotopic (exact) mass is 204 g/mol. The summed E-state index contributed by atoms with van der Waals surface area (Å²) in [5.74, 6) is 0. The van der Waals surface area contributed by atoms with Crippen molar-refractivity contribution in [2.45, 2.75) is 20.0 Å². The highest BCUT2D eigenvalue weighted by Gasteiger charge is 1.99. The van der Waals surface area contributed by atoms with E-state index in [4.69, 9.17) is 14.6 Å². The molecule has 0 bridgehead atoms. The third kappa shape index (κ3) is 9.67. The van der Waals surface area contributed by atoms with Gasteiger partial charge in [0.2, 0.25) is 0 Å². The number of rotatable bonds is 8. The van der Waals surface area contributed by atoms with Crippen molar-refractivity contribution in [3.63, 3.8) is 0 Å². The smallest absolute Gasteiger partial charge is 0.0956 e. The average molecular weight is 204 g/mol. The van der Waals surface area contributed by atoms with E-state index in [2.05, 4.69) is 0 Å². The molecule has 84 valence electrons. The number of hydrogen-bond donors (Lipinski definition) is 2. The Bertz CT molecular complexity index is 152. The highest BCUT2D eigenvalue weighted by molar-refractivity contribution is 4.97. The molecule has 0 aliphatic carbocycles. The van der Waals surface area contributed by atoms with E-state index in [9.17, 15) is 5.11 Å². The predicted molar refractivity (Wildman–Crippen MR) is 54.2 cm³/mol. The molecule has 0 radical (unpaired) electrons. The molecule has 0 aliphatic heterocycles. The molecule has 14 heavy (non-hydrogen) atoms. The van der Waals surface area contributed by atoms with Gasteiger partial charge in [-0.2, -0.15) is 0 Å².